The number of benzene rings is 1. The molecule has 0 saturated carbocycles. The molecule has 2 rings (SSSR count). The highest BCUT2D eigenvalue weighted by Crippen LogP contribution is 2.30. The van der Waals surface area contributed by atoms with Gasteiger partial charge >= 0.3 is 6.18 Å². The van der Waals surface area contributed by atoms with Crippen LogP contribution < -0.4 is 0 Å². The minimum atomic E-state index is -4.31. The number of halogens is 3. The molecule has 1 aromatic rings. The van der Waals surface area contributed by atoms with Gasteiger partial charge in [0, 0.05) is 32.1 Å². The second kappa shape index (κ2) is 7.55. The van der Waals surface area contributed by atoms with Crippen LogP contribution >= 0.6 is 0 Å². The molecule has 0 spiro atoms. The standard InChI is InChI=1S/C18H25F3N2O/c1-13(2)23-12-15(7-8-17(23)24)11-22(3)10-14-5-4-6-16(9-14)18(19,20)21/h4-6,9,13,15H,7-8,10-12H2,1-3H3. The number of alkyl halides is 3. The molecule has 134 valence electrons. The summed E-state index contributed by atoms with van der Waals surface area (Å²) >= 11 is 0. The van der Waals surface area contributed by atoms with Gasteiger partial charge < -0.3 is 9.80 Å². The van der Waals surface area contributed by atoms with E-state index in [0.29, 0.717) is 24.4 Å². The number of likely N-dealkylation sites (tertiary alicyclic amines) is 1. The van der Waals surface area contributed by atoms with Crippen molar-refractivity contribution in [3.63, 3.8) is 0 Å². The Hall–Kier alpha value is -1.56. The Morgan fingerprint density at radius 2 is 2.04 bits per heavy atom. The highest BCUT2D eigenvalue weighted by Gasteiger charge is 2.31. The summed E-state index contributed by atoms with van der Waals surface area (Å²) in [7, 11) is 1.91. The molecule has 1 unspecified atom stereocenters. The van der Waals surface area contributed by atoms with Crippen LogP contribution in [0.3, 0.4) is 0 Å². The van der Waals surface area contributed by atoms with E-state index in [1.807, 2.05) is 30.7 Å². The Morgan fingerprint density at radius 3 is 2.67 bits per heavy atom. The number of amides is 1. The molecular weight excluding hydrogens is 317 g/mol. The van der Waals surface area contributed by atoms with Crippen LogP contribution in [0, 0.1) is 5.92 Å². The van der Waals surface area contributed by atoms with Gasteiger partial charge in [-0.1, -0.05) is 18.2 Å². The van der Waals surface area contributed by atoms with E-state index in [1.54, 1.807) is 6.07 Å². The molecule has 1 aliphatic heterocycles. The van der Waals surface area contributed by atoms with Gasteiger partial charge in [-0.05, 0) is 44.9 Å². The lowest BCUT2D eigenvalue weighted by Gasteiger charge is -2.37. The van der Waals surface area contributed by atoms with Crippen molar-refractivity contribution in [1.29, 1.82) is 0 Å². The zero-order valence-electron chi connectivity index (χ0n) is 14.4. The first-order chi connectivity index (χ1) is 11.2. The molecule has 0 bridgehead atoms. The van der Waals surface area contributed by atoms with Gasteiger partial charge in [0.05, 0.1) is 5.56 Å². The van der Waals surface area contributed by atoms with Crippen LogP contribution in [0.2, 0.25) is 0 Å². The Balaban J connectivity index is 1.94. The molecule has 1 fully saturated rings. The third-order valence-electron chi connectivity index (χ3n) is 4.44. The summed E-state index contributed by atoms with van der Waals surface area (Å²) in [6.07, 6.45) is -2.91. The summed E-state index contributed by atoms with van der Waals surface area (Å²) < 4.78 is 38.3. The zero-order chi connectivity index (χ0) is 17.9. The SMILES string of the molecule is CC(C)N1CC(CN(C)Cc2cccc(C(F)(F)F)c2)CCC1=O. The quantitative estimate of drug-likeness (QED) is 0.813. The third-order valence-corrected chi connectivity index (χ3v) is 4.44. The largest absolute Gasteiger partial charge is 0.416 e. The number of carbonyl (C=O) groups excluding carboxylic acids is 1. The molecule has 1 atom stereocenters. The van der Waals surface area contributed by atoms with Gasteiger partial charge in [-0.15, -0.1) is 0 Å². The fourth-order valence-corrected chi connectivity index (χ4v) is 3.25. The van der Waals surface area contributed by atoms with Crippen LogP contribution in [0.4, 0.5) is 13.2 Å². The number of piperidine rings is 1. The second-order valence-corrected chi connectivity index (χ2v) is 6.94. The number of hydrogen-bond acceptors (Lipinski definition) is 2. The minimum absolute atomic E-state index is 0.189. The minimum Gasteiger partial charge on any atom is -0.340 e. The van der Waals surface area contributed by atoms with Gasteiger partial charge in [0.15, 0.2) is 0 Å². The van der Waals surface area contributed by atoms with Gasteiger partial charge in [0.25, 0.3) is 0 Å². The fraction of sp³-hybridized carbons (Fsp3) is 0.611. The molecule has 1 saturated heterocycles. The van der Waals surface area contributed by atoms with Gasteiger partial charge in [-0.25, -0.2) is 0 Å². The molecule has 1 heterocycles. The van der Waals surface area contributed by atoms with Crippen molar-refractivity contribution in [3.8, 4) is 0 Å². The van der Waals surface area contributed by atoms with Crippen molar-refractivity contribution in [1.82, 2.24) is 9.80 Å². The second-order valence-electron chi connectivity index (χ2n) is 6.94. The molecule has 1 aliphatic rings. The first-order valence-electron chi connectivity index (χ1n) is 8.31. The average Bonchev–Trinajstić information content (AvgIpc) is 2.48. The summed E-state index contributed by atoms with van der Waals surface area (Å²) in [5.41, 5.74) is 0.0440. The molecule has 24 heavy (non-hydrogen) atoms. The fourth-order valence-electron chi connectivity index (χ4n) is 3.25. The van der Waals surface area contributed by atoms with E-state index in [4.69, 9.17) is 0 Å². The molecule has 0 aromatic heterocycles. The lowest BCUT2D eigenvalue weighted by molar-refractivity contribution is -0.138. The summed E-state index contributed by atoms with van der Waals surface area (Å²) in [6, 6.07) is 5.66. The van der Waals surface area contributed by atoms with E-state index >= 15 is 0 Å². The highest BCUT2D eigenvalue weighted by atomic mass is 19.4. The van der Waals surface area contributed by atoms with Crippen LogP contribution in [0.1, 0.15) is 37.8 Å². The topological polar surface area (TPSA) is 23.6 Å². The van der Waals surface area contributed by atoms with Gasteiger partial charge in [0.2, 0.25) is 5.91 Å². The normalized spacial score (nSPS) is 19.4. The molecule has 0 aliphatic carbocycles. The number of rotatable bonds is 5. The van der Waals surface area contributed by atoms with E-state index < -0.39 is 11.7 Å². The highest BCUT2D eigenvalue weighted by molar-refractivity contribution is 5.77. The summed E-state index contributed by atoms with van der Waals surface area (Å²) in [5.74, 6) is 0.558. The van der Waals surface area contributed by atoms with Crippen molar-refractivity contribution >= 4 is 5.91 Å². The number of carbonyl (C=O) groups is 1. The molecule has 0 N–H and O–H groups in total. The van der Waals surface area contributed by atoms with E-state index in [1.165, 1.54) is 12.1 Å². The molecular formula is C18H25F3N2O. The predicted octanol–water partition coefficient (Wildman–Crippen LogP) is 3.78. The summed E-state index contributed by atoms with van der Waals surface area (Å²) in [5, 5.41) is 0. The Kier molecular flexibility index (Phi) is 5.91. The smallest absolute Gasteiger partial charge is 0.340 e. The van der Waals surface area contributed by atoms with Crippen molar-refractivity contribution < 1.29 is 18.0 Å². The Labute approximate surface area is 141 Å². The van der Waals surface area contributed by atoms with Crippen molar-refractivity contribution in [2.24, 2.45) is 5.92 Å². The van der Waals surface area contributed by atoms with Crippen LogP contribution in [-0.2, 0) is 17.5 Å². The van der Waals surface area contributed by atoms with Gasteiger partial charge in [0.1, 0.15) is 0 Å². The van der Waals surface area contributed by atoms with Gasteiger partial charge in [-0.3, -0.25) is 4.79 Å². The zero-order valence-corrected chi connectivity index (χ0v) is 14.4. The Bertz CT molecular complexity index is 572. The van der Waals surface area contributed by atoms with E-state index in [2.05, 4.69) is 0 Å². The van der Waals surface area contributed by atoms with Crippen molar-refractivity contribution in [2.45, 2.75) is 45.5 Å². The van der Waals surface area contributed by atoms with Crippen LogP contribution in [0.5, 0.6) is 0 Å². The number of hydrogen-bond donors (Lipinski definition) is 0. The third kappa shape index (κ3) is 4.97. The maximum atomic E-state index is 12.8. The average molecular weight is 342 g/mol. The first-order valence-corrected chi connectivity index (χ1v) is 8.31. The van der Waals surface area contributed by atoms with Crippen molar-refractivity contribution in [3.05, 3.63) is 35.4 Å². The predicted molar refractivity (Wildman–Crippen MR) is 87.4 cm³/mol. The molecule has 1 aromatic carbocycles. The summed E-state index contributed by atoms with van der Waals surface area (Å²) in [4.78, 5) is 15.8. The van der Waals surface area contributed by atoms with Gasteiger partial charge in [-0.2, -0.15) is 13.2 Å². The van der Waals surface area contributed by atoms with Crippen LogP contribution in [0.15, 0.2) is 24.3 Å². The van der Waals surface area contributed by atoms with E-state index in [9.17, 15) is 18.0 Å². The molecule has 6 heteroatoms. The Morgan fingerprint density at radius 1 is 1.33 bits per heavy atom. The summed E-state index contributed by atoms with van der Waals surface area (Å²) in [6.45, 7) is 5.98. The van der Waals surface area contributed by atoms with Crippen LogP contribution in [0.25, 0.3) is 0 Å². The lowest BCUT2D eigenvalue weighted by atomic mass is 9.95. The lowest BCUT2D eigenvalue weighted by Crippen LogP contribution is -2.46. The number of nitrogens with zero attached hydrogens (tertiary/aromatic N) is 2. The van der Waals surface area contributed by atoms with Crippen molar-refractivity contribution in [2.75, 3.05) is 20.1 Å². The maximum absolute atomic E-state index is 12.8. The maximum Gasteiger partial charge on any atom is 0.416 e. The molecule has 1 amide bonds. The first kappa shape index (κ1) is 18.8. The van der Waals surface area contributed by atoms with Crippen LogP contribution in [-0.4, -0.2) is 41.9 Å². The van der Waals surface area contributed by atoms with E-state index in [-0.39, 0.29) is 11.9 Å². The van der Waals surface area contributed by atoms with E-state index in [0.717, 1.165) is 25.6 Å². The monoisotopic (exact) mass is 342 g/mol. The molecule has 3 nitrogen and oxygen atoms in total. The molecule has 0 radical (unpaired) electrons.